The molecule has 0 aliphatic heterocycles. The third kappa shape index (κ3) is 4.45. The zero-order valence-electron chi connectivity index (χ0n) is 27.0. The van der Waals surface area contributed by atoms with Crippen molar-refractivity contribution < 1.29 is 0 Å². The van der Waals surface area contributed by atoms with Crippen LogP contribution in [0.15, 0.2) is 176 Å². The summed E-state index contributed by atoms with van der Waals surface area (Å²) in [5, 5.41) is 4.72. The highest BCUT2D eigenvalue weighted by atomic mass is 15.2. The van der Waals surface area contributed by atoms with Crippen LogP contribution in [0.5, 0.6) is 0 Å². The summed E-state index contributed by atoms with van der Waals surface area (Å²) >= 11 is 0. The molecule has 0 radical (unpaired) electrons. The molecule has 0 aliphatic carbocycles. The van der Waals surface area contributed by atoms with E-state index in [1.54, 1.807) is 0 Å². The number of para-hydroxylation sites is 4. The van der Waals surface area contributed by atoms with Gasteiger partial charge >= 0.3 is 0 Å². The third-order valence-corrected chi connectivity index (χ3v) is 9.58. The molecule has 0 aliphatic rings. The van der Waals surface area contributed by atoms with E-state index in [9.17, 15) is 0 Å². The van der Waals surface area contributed by atoms with Gasteiger partial charge < -0.3 is 4.57 Å². The minimum Gasteiger partial charge on any atom is -0.309 e. The smallest absolute Gasteiger partial charge is 0.238 e. The van der Waals surface area contributed by atoms with Gasteiger partial charge in [0.25, 0.3) is 0 Å². The predicted octanol–water partition coefficient (Wildman–Crippen LogP) is 11.1. The largest absolute Gasteiger partial charge is 0.309 e. The first-order valence-corrected chi connectivity index (χ1v) is 16.8. The van der Waals surface area contributed by atoms with Gasteiger partial charge in [0.15, 0.2) is 11.6 Å². The Labute approximate surface area is 288 Å². The molecular formula is C45H29N5. The van der Waals surface area contributed by atoms with E-state index < -0.39 is 0 Å². The fourth-order valence-corrected chi connectivity index (χ4v) is 7.35. The molecule has 3 heterocycles. The molecule has 0 fully saturated rings. The maximum Gasteiger partial charge on any atom is 0.238 e. The molecule has 0 spiro atoms. The van der Waals surface area contributed by atoms with Gasteiger partial charge in [-0.1, -0.05) is 140 Å². The number of nitrogens with zero attached hydrogens (tertiary/aromatic N) is 5. The predicted molar refractivity (Wildman–Crippen MR) is 205 cm³/mol. The molecule has 3 aromatic heterocycles. The molecule has 10 aromatic rings. The van der Waals surface area contributed by atoms with Crippen molar-refractivity contribution in [2.45, 2.75) is 0 Å². The highest BCUT2D eigenvalue weighted by Crippen LogP contribution is 2.40. The summed E-state index contributed by atoms with van der Waals surface area (Å²) in [7, 11) is 0. The summed E-state index contributed by atoms with van der Waals surface area (Å²) in [6.07, 6.45) is 0. The Morgan fingerprint density at radius 2 is 0.860 bits per heavy atom. The zero-order valence-corrected chi connectivity index (χ0v) is 27.0. The lowest BCUT2D eigenvalue weighted by Gasteiger charge is -2.13. The van der Waals surface area contributed by atoms with Crippen molar-refractivity contribution in [2.24, 2.45) is 0 Å². The SMILES string of the molecule is c1ccc(-c2nc(-c3ccccc3)nc(-n3c4ccccc4c4cccc(-c5ccc6c(c5)c5ccccc5n6-c5ccccc5)c43)n2)cc1. The zero-order chi connectivity index (χ0) is 33.0. The molecule has 0 bridgehead atoms. The summed E-state index contributed by atoms with van der Waals surface area (Å²) < 4.78 is 4.57. The highest BCUT2D eigenvalue weighted by molar-refractivity contribution is 6.15. The average Bonchev–Trinajstić information content (AvgIpc) is 3.71. The summed E-state index contributed by atoms with van der Waals surface area (Å²) in [4.78, 5) is 15.3. The number of fused-ring (bicyclic) bond motifs is 6. The molecular weight excluding hydrogens is 611 g/mol. The Morgan fingerprint density at radius 1 is 0.340 bits per heavy atom. The van der Waals surface area contributed by atoms with Crippen LogP contribution in [0.3, 0.4) is 0 Å². The van der Waals surface area contributed by atoms with Crippen LogP contribution >= 0.6 is 0 Å². The van der Waals surface area contributed by atoms with Crippen LogP contribution in [0.1, 0.15) is 0 Å². The maximum atomic E-state index is 5.17. The first-order valence-electron chi connectivity index (χ1n) is 16.8. The molecule has 5 nitrogen and oxygen atoms in total. The molecule has 10 rings (SSSR count). The van der Waals surface area contributed by atoms with Crippen molar-refractivity contribution in [2.75, 3.05) is 0 Å². The lowest BCUT2D eigenvalue weighted by molar-refractivity contribution is 0.954. The second-order valence-electron chi connectivity index (χ2n) is 12.5. The van der Waals surface area contributed by atoms with E-state index in [0.717, 1.165) is 49.7 Å². The lowest BCUT2D eigenvalue weighted by atomic mass is 10.00. The number of hydrogen-bond acceptors (Lipinski definition) is 3. The van der Waals surface area contributed by atoms with Gasteiger partial charge in [0.1, 0.15) is 0 Å². The molecule has 0 amide bonds. The van der Waals surface area contributed by atoms with Crippen LogP contribution in [0.4, 0.5) is 0 Å². The van der Waals surface area contributed by atoms with E-state index in [4.69, 9.17) is 15.0 Å². The molecule has 0 saturated carbocycles. The Hall–Kier alpha value is -6.85. The monoisotopic (exact) mass is 639 g/mol. The summed E-state index contributed by atoms with van der Waals surface area (Å²) in [6.45, 7) is 0. The standard InChI is InChI=1S/C45H29N5/c1-4-15-30(16-5-1)43-46-44(31-17-6-2-7-18-31)48-45(47-43)50-40-26-13-10-21-35(40)37-24-14-23-34(42(37)50)32-27-28-41-38(29-32)36-22-11-12-25-39(36)49(41)33-19-8-3-9-20-33/h1-29H. The quantitative estimate of drug-likeness (QED) is 0.188. The van der Waals surface area contributed by atoms with E-state index in [1.165, 1.54) is 21.8 Å². The number of aromatic nitrogens is 5. The van der Waals surface area contributed by atoms with E-state index in [0.29, 0.717) is 17.6 Å². The van der Waals surface area contributed by atoms with Gasteiger partial charge in [-0.2, -0.15) is 9.97 Å². The van der Waals surface area contributed by atoms with Crippen molar-refractivity contribution in [1.29, 1.82) is 0 Å². The van der Waals surface area contributed by atoms with E-state index in [1.807, 2.05) is 60.7 Å². The van der Waals surface area contributed by atoms with Gasteiger partial charge in [0, 0.05) is 43.9 Å². The molecule has 7 aromatic carbocycles. The molecule has 0 atom stereocenters. The van der Waals surface area contributed by atoms with E-state index in [2.05, 4.69) is 124 Å². The number of rotatable bonds is 5. The third-order valence-electron chi connectivity index (χ3n) is 9.58. The average molecular weight is 640 g/mol. The highest BCUT2D eigenvalue weighted by Gasteiger charge is 2.21. The van der Waals surface area contributed by atoms with Crippen molar-refractivity contribution in [1.82, 2.24) is 24.1 Å². The first-order chi connectivity index (χ1) is 24.8. The van der Waals surface area contributed by atoms with Crippen LogP contribution in [0, 0.1) is 0 Å². The fourth-order valence-electron chi connectivity index (χ4n) is 7.35. The molecule has 0 N–H and O–H groups in total. The number of hydrogen-bond donors (Lipinski definition) is 0. The second-order valence-corrected chi connectivity index (χ2v) is 12.5. The second kappa shape index (κ2) is 11.4. The Bertz CT molecular complexity index is 2800. The van der Waals surface area contributed by atoms with Gasteiger partial charge in [-0.05, 0) is 42.0 Å². The molecule has 5 heteroatoms. The molecule has 0 saturated heterocycles. The van der Waals surface area contributed by atoms with Crippen LogP contribution in [-0.4, -0.2) is 24.1 Å². The van der Waals surface area contributed by atoms with Crippen LogP contribution in [-0.2, 0) is 0 Å². The minimum atomic E-state index is 0.582. The summed E-state index contributed by atoms with van der Waals surface area (Å²) in [5.41, 5.74) is 9.72. The van der Waals surface area contributed by atoms with Crippen LogP contribution in [0.2, 0.25) is 0 Å². The number of benzene rings is 7. The Balaban J connectivity index is 1.27. The lowest BCUT2D eigenvalue weighted by Crippen LogP contribution is -2.06. The van der Waals surface area contributed by atoms with Crippen molar-refractivity contribution in [3.05, 3.63) is 176 Å². The van der Waals surface area contributed by atoms with Crippen molar-refractivity contribution in [3.8, 4) is 45.5 Å². The molecule has 0 unspecified atom stereocenters. The topological polar surface area (TPSA) is 48.5 Å². The normalized spacial score (nSPS) is 11.6. The van der Waals surface area contributed by atoms with Crippen LogP contribution < -0.4 is 0 Å². The maximum absolute atomic E-state index is 5.17. The Kier molecular flexibility index (Phi) is 6.42. The molecule has 50 heavy (non-hydrogen) atoms. The molecule has 234 valence electrons. The summed E-state index contributed by atoms with van der Waals surface area (Å²) in [6, 6.07) is 61.5. The van der Waals surface area contributed by atoms with Crippen molar-refractivity contribution >= 4 is 43.6 Å². The minimum absolute atomic E-state index is 0.582. The van der Waals surface area contributed by atoms with Crippen molar-refractivity contribution in [3.63, 3.8) is 0 Å². The van der Waals surface area contributed by atoms with Gasteiger partial charge in [-0.15, -0.1) is 0 Å². The summed E-state index contributed by atoms with van der Waals surface area (Å²) in [5.74, 6) is 1.85. The fraction of sp³-hybridized carbons (Fsp3) is 0. The van der Waals surface area contributed by atoms with Crippen LogP contribution in [0.25, 0.3) is 89.2 Å². The van der Waals surface area contributed by atoms with Gasteiger partial charge in [0.05, 0.1) is 22.1 Å². The van der Waals surface area contributed by atoms with E-state index >= 15 is 0 Å². The van der Waals surface area contributed by atoms with Gasteiger partial charge in [-0.3, -0.25) is 4.57 Å². The van der Waals surface area contributed by atoms with Gasteiger partial charge in [0.2, 0.25) is 5.95 Å². The van der Waals surface area contributed by atoms with E-state index in [-0.39, 0.29) is 0 Å². The van der Waals surface area contributed by atoms with Gasteiger partial charge in [-0.25, -0.2) is 4.98 Å². The first kappa shape index (κ1) is 28.2. The Morgan fingerprint density at radius 3 is 1.52 bits per heavy atom.